The van der Waals surface area contributed by atoms with Crippen LogP contribution in [-0.2, 0) is 20.7 Å². The first-order valence-corrected chi connectivity index (χ1v) is 9.07. The number of halogens is 1. The smallest absolute Gasteiger partial charge is 0.224 e. The molecule has 6 heteroatoms. The van der Waals surface area contributed by atoms with Crippen molar-refractivity contribution in [3.63, 3.8) is 0 Å². The van der Waals surface area contributed by atoms with Crippen LogP contribution in [0.1, 0.15) is 25.3 Å². The average molecular weight is 350 g/mol. The van der Waals surface area contributed by atoms with Crippen molar-refractivity contribution >= 4 is 5.91 Å². The zero-order valence-corrected chi connectivity index (χ0v) is 14.8. The lowest BCUT2D eigenvalue weighted by Crippen LogP contribution is -2.67. The molecule has 1 aromatic rings. The Balaban J connectivity index is 1.55. The third-order valence-electron chi connectivity index (χ3n) is 5.19. The van der Waals surface area contributed by atoms with Crippen LogP contribution < -0.4 is 5.32 Å². The Labute approximate surface area is 148 Å². The highest BCUT2D eigenvalue weighted by atomic mass is 19.1. The van der Waals surface area contributed by atoms with Crippen molar-refractivity contribution in [2.75, 3.05) is 39.5 Å². The molecule has 1 aromatic carbocycles. The summed E-state index contributed by atoms with van der Waals surface area (Å²) in [6.07, 6.45) is 2.44. The molecule has 1 amide bonds. The number of morpholine rings is 1. The summed E-state index contributed by atoms with van der Waals surface area (Å²) in [5.41, 5.74) is 0.794. The molecule has 1 aliphatic heterocycles. The normalized spacial score (nSPS) is 26.9. The van der Waals surface area contributed by atoms with Crippen molar-refractivity contribution in [2.24, 2.45) is 0 Å². The van der Waals surface area contributed by atoms with E-state index >= 15 is 0 Å². The molecule has 0 atom stereocenters. The first-order valence-electron chi connectivity index (χ1n) is 9.07. The zero-order valence-electron chi connectivity index (χ0n) is 14.8. The Morgan fingerprint density at radius 2 is 2.00 bits per heavy atom. The van der Waals surface area contributed by atoms with Crippen LogP contribution in [0.3, 0.4) is 0 Å². The van der Waals surface area contributed by atoms with Gasteiger partial charge in [-0.05, 0) is 37.5 Å². The average Bonchev–Trinajstić information content (AvgIpc) is 2.60. The van der Waals surface area contributed by atoms with E-state index in [0.717, 1.165) is 51.3 Å². The predicted molar refractivity (Wildman–Crippen MR) is 92.9 cm³/mol. The maximum atomic E-state index is 13.0. The van der Waals surface area contributed by atoms with Crippen LogP contribution in [0.2, 0.25) is 0 Å². The number of nitrogens with one attached hydrogen (secondary N) is 1. The monoisotopic (exact) mass is 350 g/mol. The van der Waals surface area contributed by atoms with E-state index in [-0.39, 0.29) is 29.8 Å². The number of benzene rings is 1. The number of amides is 1. The molecule has 0 unspecified atom stereocenters. The van der Waals surface area contributed by atoms with E-state index in [4.69, 9.17) is 9.47 Å². The first kappa shape index (κ1) is 18.3. The maximum Gasteiger partial charge on any atom is 0.224 e. The molecule has 1 saturated carbocycles. The third kappa shape index (κ3) is 4.57. The molecule has 2 fully saturated rings. The molecule has 0 radical (unpaired) electrons. The van der Waals surface area contributed by atoms with E-state index in [9.17, 15) is 9.18 Å². The van der Waals surface area contributed by atoms with Crippen molar-refractivity contribution in [3.05, 3.63) is 35.6 Å². The molecule has 1 N–H and O–H groups in total. The summed E-state index contributed by atoms with van der Waals surface area (Å²) in [7, 11) is 0. The van der Waals surface area contributed by atoms with Crippen LogP contribution in [0.25, 0.3) is 0 Å². The lowest BCUT2D eigenvalue weighted by Gasteiger charge is -2.55. The Morgan fingerprint density at radius 3 is 2.64 bits per heavy atom. The Kier molecular flexibility index (Phi) is 6.04. The number of carbonyl (C=O) groups excluding carboxylic acids is 1. The molecule has 2 aliphatic rings. The van der Waals surface area contributed by atoms with E-state index in [2.05, 4.69) is 10.2 Å². The molecule has 0 aromatic heterocycles. The minimum atomic E-state index is -0.285. The van der Waals surface area contributed by atoms with Gasteiger partial charge in [0.1, 0.15) is 5.82 Å². The van der Waals surface area contributed by atoms with Crippen molar-refractivity contribution < 1.29 is 18.7 Å². The third-order valence-corrected chi connectivity index (χ3v) is 5.19. The van der Waals surface area contributed by atoms with Gasteiger partial charge in [-0.15, -0.1) is 0 Å². The van der Waals surface area contributed by atoms with Gasteiger partial charge in [-0.25, -0.2) is 4.39 Å². The van der Waals surface area contributed by atoms with Crippen molar-refractivity contribution in [1.82, 2.24) is 10.2 Å². The van der Waals surface area contributed by atoms with Crippen LogP contribution in [0, 0.1) is 5.82 Å². The SMILES string of the molecule is CCOC1CC(CNC(=O)Cc2ccc(F)cc2)(N2CCOCC2)C1. The van der Waals surface area contributed by atoms with E-state index in [1.54, 1.807) is 12.1 Å². The fourth-order valence-corrected chi connectivity index (χ4v) is 3.81. The molecule has 5 nitrogen and oxygen atoms in total. The number of hydrogen-bond donors (Lipinski definition) is 1. The summed E-state index contributed by atoms with van der Waals surface area (Å²) in [5.74, 6) is -0.314. The minimum Gasteiger partial charge on any atom is -0.379 e. The van der Waals surface area contributed by atoms with Gasteiger partial charge < -0.3 is 14.8 Å². The molecule has 0 bridgehead atoms. The number of nitrogens with zero attached hydrogens (tertiary/aromatic N) is 1. The van der Waals surface area contributed by atoms with Crippen LogP contribution in [0.4, 0.5) is 4.39 Å². The van der Waals surface area contributed by atoms with Gasteiger partial charge in [0.2, 0.25) is 5.91 Å². The molecular formula is C19H27FN2O3. The molecule has 1 saturated heterocycles. The van der Waals surface area contributed by atoms with Crippen LogP contribution in [0.15, 0.2) is 24.3 Å². The van der Waals surface area contributed by atoms with Crippen LogP contribution in [-0.4, -0.2) is 61.9 Å². The molecule has 138 valence electrons. The molecule has 25 heavy (non-hydrogen) atoms. The Morgan fingerprint density at radius 1 is 1.32 bits per heavy atom. The van der Waals surface area contributed by atoms with Crippen LogP contribution >= 0.6 is 0 Å². The summed E-state index contributed by atoms with van der Waals surface area (Å²) in [6, 6.07) is 6.08. The lowest BCUT2D eigenvalue weighted by atomic mass is 9.72. The van der Waals surface area contributed by atoms with Gasteiger partial charge >= 0.3 is 0 Å². The molecule has 3 rings (SSSR count). The van der Waals surface area contributed by atoms with Gasteiger partial charge in [0, 0.05) is 31.8 Å². The second-order valence-corrected chi connectivity index (χ2v) is 6.89. The highest BCUT2D eigenvalue weighted by Gasteiger charge is 2.49. The summed E-state index contributed by atoms with van der Waals surface area (Å²) in [4.78, 5) is 14.7. The van der Waals surface area contributed by atoms with Gasteiger partial charge in [-0.1, -0.05) is 12.1 Å². The molecule has 1 aliphatic carbocycles. The fourth-order valence-electron chi connectivity index (χ4n) is 3.81. The summed E-state index contributed by atoms with van der Waals surface area (Å²) in [5, 5.41) is 3.08. The molecular weight excluding hydrogens is 323 g/mol. The van der Waals surface area contributed by atoms with Crippen molar-refractivity contribution in [2.45, 2.75) is 37.8 Å². The van der Waals surface area contributed by atoms with Gasteiger partial charge in [-0.2, -0.15) is 0 Å². The fraction of sp³-hybridized carbons (Fsp3) is 0.632. The van der Waals surface area contributed by atoms with Crippen molar-refractivity contribution in [1.29, 1.82) is 0 Å². The van der Waals surface area contributed by atoms with Crippen molar-refractivity contribution in [3.8, 4) is 0 Å². The first-order chi connectivity index (χ1) is 12.1. The summed E-state index contributed by atoms with van der Waals surface area (Å²) < 4.78 is 24.2. The van der Waals surface area contributed by atoms with E-state index in [0.29, 0.717) is 6.54 Å². The maximum absolute atomic E-state index is 13.0. The van der Waals surface area contributed by atoms with Gasteiger partial charge in [0.05, 0.1) is 25.7 Å². The second-order valence-electron chi connectivity index (χ2n) is 6.89. The van der Waals surface area contributed by atoms with Gasteiger partial charge in [0.15, 0.2) is 0 Å². The topological polar surface area (TPSA) is 50.8 Å². The Bertz CT molecular complexity index is 567. The lowest BCUT2D eigenvalue weighted by molar-refractivity contribution is -0.134. The highest BCUT2D eigenvalue weighted by Crippen LogP contribution is 2.39. The largest absolute Gasteiger partial charge is 0.379 e. The Hall–Kier alpha value is -1.50. The highest BCUT2D eigenvalue weighted by molar-refractivity contribution is 5.78. The van der Waals surface area contributed by atoms with E-state index < -0.39 is 0 Å². The number of ether oxygens (including phenoxy) is 2. The predicted octanol–water partition coefficient (Wildman–Crippen LogP) is 1.75. The quantitative estimate of drug-likeness (QED) is 0.814. The second kappa shape index (κ2) is 8.25. The van der Waals surface area contributed by atoms with E-state index in [1.807, 2.05) is 6.92 Å². The number of hydrogen-bond acceptors (Lipinski definition) is 4. The van der Waals surface area contributed by atoms with Crippen LogP contribution in [0.5, 0.6) is 0 Å². The number of carbonyl (C=O) groups is 1. The summed E-state index contributed by atoms with van der Waals surface area (Å²) >= 11 is 0. The zero-order chi connectivity index (χ0) is 17.7. The summed E-state index contributed by atoms with van der Waals surface area (Å²) in [6.45, 7) is 6.63. The standard InChI is InChI=1S/C19H27FN2O3/c1-2-25-17-12-19(13-17,22-7-9-24-10-8-22)14-21-18(23)11-15-3-5-16(20)6-4-15/h3-6,17H,2,7-14H2,1H3,(H,21,23). The van der Waals surface area contributed by atoms with Gasteiger partial charge in [0.25, 0.3) is 0 Å². The molecule has 1 heterocycles. The van der Waals surface area contributed by atoms with Gasteiger partial charge in [-0.3, -0.25) is 9.69 Å². The minimum absolute atomic E-state index is 0.0257. The van der Waals surface area contributed by atoms with E-state index in [1.165, 1.54) is 12.1 Å². The number of rotatable bonds is 7. The molecule has 0 spiro atoms.